The van der Waals surface area contributed by atoms with Gasteiger partial charge in [0.1, 0.15) is 5.82 Å². The number of rotatable bonds is 1. The molecule has 0 saturated heterocycles. The summed E-state index contributed by atoms with van der Waals surface area (Å²) in [6.07, 6.45) is 3.84. The topological polar surface area (TPSA) is 0 Å². The quantitative estimate of drug-likeness (QED) is 0.596. The summed E-state index contributed by atoms with van der Waals surface area (Å²) in [4.78, 5) is 0. The average molecular weight is 164 g/mol. The van der Waals surface area contributed by atoms with Gasteiger partial charge in [0.2, 0.25) is 0 Å². The van der Waals surface area contributed by atoms with E-state index in [2.05, 4.69) is 0 Å². The number of benzene rings is 1. The van der Waals surface area contributed by atoms with Crippen molar-refractivity contribution in [3.63, 3.8) is 0 Å². The van der Waals surface area contributed by atoms with Crippen LogP contribution in [0.1, 0.15) is 23.6 Å². The van der Waals surface area contributed by atoms with E-state index in [4.69, 9.17) is 0 Å². The van der Waals surface area contributed by atoms with Gasteiger partial charge in [-0.1, -0.05) is 18.2 Å². The van der Waals surface area contributed by atoms with E-state index >= 15 is 0 Å². The number of allylic oxidation sites excluding steroid dienone is 1. The second-order valence-electron chi connectivity index (χ2n) is 2.96. The molecule has 0 heterocycles. The Hall–Kier alpha value is -1.11. The molecule has 1 rings (SSSR count). The molecular weight excluding hydrogens is 151 g/mol. The van der Waals surface area contributed by atoms with Crippen LogP contribution in [0.5, 0.6) is 0 Å². The Kier molecular flexibility index (Phi) is 2.64. The van der Waals surface area contributed by atoms with Crippen LogP contribution in [0.3, 0.4) is 0 Å². The molecule has 64 valence electrons. The van der Waals surface area contributed by atoms with Gasteiger partial charge in [0.25, 0.3) is 0 Å². The highest BCUT2D eigenvalue weighted by atomic mass is 19.1. The molecule has 0 aliphatic heterocycles. The zero-order chi connectivity index (χ0) is 9.14. The summed E-state index contributed by atoms with van der Waals surface area (Å²) in [5.74, 6) is -0.122. The Morgan fingerprint density at radius 2 is 1.92 bits per heavy atom. The van der Waals surface area contributed by atoms with Crippen LogP contribution in [0.2, 0.25) is 0 Å². The van der Waals surface area contributed by atoms with Gasteiger partial charge < -0.3 is 0 Å². The average Bonchev–Trinajstić information content (AvgIpc) is 2.00. The molecule has 0 fully saturated rings. The molecule has 1 heteroatoms. The first-order valence-electron chi connectivity index (χ1n) is 4.04. The van der Waals surface area contributed by atoms with Crippen molar-refractivity contribution in [1.29, 1.82) is 0 Å². The van der Waals surface area contributed by atoms with Gasteiger partial charge in [-0.05, 0) is 43.5 Å². The van der Waals surface area contributed by atoms with Gasteiger partial charge in [-0.25, -0.2) is 4.39 Å². The molecule has 0 unspecified atom stereocenters. The predicted octanol–water partition coefficient (Wildman–Crippen LogP) is 3.48. The van der Waals surface area contributed by atoms with Crippen LogP contribution in [0.25, 0.3) is 6.08 Å². The first-order valence-corrected chi connectivity index (χ1v) is 4.04. The Labute approximate surface area is 72.7 Å². The Morgan fingerprint density at radius 1 is 1.25 bits per heavy atom. The second-order valence-corrected chi connectivity index (χ2v) is 2.96. The molecule has 0 saturated carbocycles. The molecule has 0 aliphatic carbocycles. The van der Waals surface area contributed by atoms with Crippen molar-refractivity contribution >= 4 is 6.08 Å². The molecule has 1 aromatic rings. The fourth-order valence-electron chi connectivity index (χ4n) is 1.19. The Bertz CT molecular complexity index is 311. The largest absolute Gasteiger partial charge is 0.207 e. The normalized spacial score (nSPS) is 11.0. The van der Waals surface area contributed by atoms with Gasteiger partial charge in [-0.15, -0.1) is 0 Å². The molecule has 0 spiro atoms. The third-order valence-electron chi connectivity index (χ3n) is 1.88. The highest BCUT2D eigenvalue weighted by Gasteiger charge is 2.01. The molecular formula is C11H13F. The zero-order valence-corrected chi connectivity index (χ0v) is 7.69. The lowest BCUT2D eigenvalue weighted by molar-refractivity contribution is 0.617. The molecule has 0 atom stereocenters. The van der Waals surface area contributed by atoms with Crippen molar-refractivity contribution < 1.29 is 4.39 Å². The van der Waals surface area contributed by atoms with Gasteiger partial charge in [-0.2, -0.15) is 0 Å². The van der Waals surface area contributed by atoms with Crippen molar-refractivity contribution in [1.82, 2.24) is 0 Å². The van der Waals surface area contributed by atoms with Crippen LogP contribution in [0.4, 0.5) is 4.39 Å². The lowest BCUT2D eigenvalue weighted by Crippen LogP contribution is -1.88. The van der Waals surface area contributed by atoms with Gasteiger partial charge in [-0.3, -0.25) is 0 Å². The molecule has 0 bridgehead atoms. The number of aryl methyl sites for hydroxylation is 1. The maximum atomic E-state index is 13.1. The monoisotopic (exact) mass is 164 g/mol. The Morgan fingerprint density at radius 3 is 2.50 bits per heavy atom. The predicted molar refractivity (Wildman–Crippen MR) is 50.6 cm³/mol. The van der Waals surface area contributed by atoms with Crippen LogP contribution in [0, 0.1) is 19.7 Å². The van der Waals surface area contributed by atoms with Crippen molar-refractivity contribution in [2.45, 2.75) is 20.8 Å². The summed E-state index contributed by atoms with van der Waals surface area (Å²) in [5.41, 5.74) is 2.65. The Balaban J connectivity index is 3.27. The van der Waals surface area contributed by atoms with Crippen molar-refractivity contribution in [3.05, 3.63) is 40.7 Å². The number of hydrogen-bond donors (Lipinski definition) is 0. The van der Waals surface area contributed by atoms with E-state index in [1.807, 2.05) is 32.1 Å². The SMILES string of the molecule is C/C=C/c1cc(C)cc(F)c1C. The molecule has 0 radical (unpaired) electrons. The molecule has 0 N–H and O–H groups in total. The molecule has 12 heavy (non-hydrogen) atoms. The lowest BCUT2D eigenvalue weighted by Gasteiger charge is -2.03. The van der Waals surface area contributed by atoms with E-state index < -0.39 is 0 Å². The van der Waals surface area contributed by atoms with Gasteiger partial charge in [0.05, 0.1) is 0 Å². The smallest absolute Gasteiger partial charge is 0.126 e. The second kappa shape index (κ2) is 3.53. The van der Waals surface area contributed by atoms with Crippen LogP contribution < -0.4 is 0 Å². The summed E-state index contributed by atoms with van der Waals surface area (Å²) in [7, 11) is 0. The van der Waals surface area contributed by atoms with E-state index in [9.17, 15) is 4.39 Å². The maximum absolute atomic E-state index is 13.1. The van der Waals surface area contributed by atoms with E-state index in [0.717, 1.165) is 16.7 Å². The van der Waals surface area contributed by atoms with Gasteiger partial charge in [0, 0.05) is 0 Å². The first kappa shape index (κ1) is 8.98. The number of hydrogen-bond acceptors (Lipinski definition) is 0. The summed E-state index contributed by atoms with van der Waals surface area (Å²) in [6, 6.07) is 3.54. The van der Waals surface area contributed by atoms with Crippen LogP contribution >= 0.6 is 0 Å². The first-order chi connectivity index (χ1) is 5.65. The maximum Gasteiger partial charge on any atom is 0.126 e. The van der Waals surface area contributed by atoms with Crippen LogP contribution in [0.15, 0.2) is 18.2 Å². The van der Waals surface area contributed by atoms with E-state index in [1.54, 1.807) is 13.0 Å². The minimum absolute atomic E-state index is 0.122. The molecule has 1 aromatic carbocycles. The minimum Gasteiger partial charge on any atom is -0.207 e. The summed E-state index contributed by atoms with van der Waals surface area (Å²) in [6.45, 7) is 5.62. The lowest BCUT2D eigenvalue weighted by atomic mass is 10.0. The van der Waals surface area contributed by atoms with Crippen molar-refractivity contribution in [2.75, 3.05) is 0 Å². The molecule has 0 amide bonds. The third kappa shape index (κ3) is 1.73. The summed E-state index contributed by atoms with van der Waals surface area (Å²) < 4.78 is 13.1. The highest BCUT2D eigenvalue weighted by molar-refractivity contribution is 5.54. The van der Waals surface area contributed by atoms with E-state index in [-0.39, 0.29) is 5.82 Å². The molecule has 0 nitrogen and oxygen atoms in total. The fourth-order valence-corrected chi connectivity index (χ4v) is 1.19. The third-order valence-corrected chi connectivity index (χ3v) is 1.88. The van der Waals surface area contributed by atoms with E-state index in [0.29, 0.717) is 0 Å². The van der Waals surface area contributed by atoms with E-state index in [1.165, 1.54) is 0 Å². The minimum atomic E-state index is -0.122. The van der Waals surface area contributed by atoms with Crippen LogP contribution in [-0.2, 0) is 0 Å². The molecule has 0 aliphatic rings. The van der Waals surface area contributed by atoms with Crippen molar-refractivity contribution in [2.24, 2.45) is 0 Å². The summed E-state index contributed by atoms with van der Waals surface area (Å²) in [5, 5.41) is 0. The van der Waals surface area contributed by atoms with Crippen molar-refractivity contribution in [3.8, 4) is 0 Å². The highest BCUT2D eigenvalue weighted by Crippen LogP contribution is 2.16. The number of halogens is 1. The van der Waals surface area contributed by atoms with Gasteiger partial charge >= 0.3 is 0 Å². The molecule has 0 aromatic heterocycles. The standard InChI is InChI=1S/C11H13F/c1-4-5-10-6-8(2)7-11(12)9(10)3/h4-7H,1-3H3/b5-4+. The fraction of sp³-hybridized carbons (Fsp3) is 0.273. The zero-order valence-electron chi connectivity index (χ0n) is 7.69. The summed E-state index contributed by atoms with van der Waals surface area (Å²) >= 11 is 0. The van der Waals surface area contributed by atoms with Crippen LogP contribution in [-0.4, -0.2) is 0 Å². The van der Waals surface area contributed by atoms with Gasteiger partial charge in [0.15, 0.2) is 0 Å².